The van der Waals surface area contributed by atoms with Crippen LogP contribution in [0.1, 0.15) is 5.69 Å². The Morgan fingerprint density at radius 1 is 1.32 bits per heavy atom. The molecule has 0 amide bonds. The molecule has 98 valence electrons. The van der Waals surface area contributed by atoms with E-state index in [1.54, 1.807) is 24.3 Å². The molecule has 0 aliphatic heterocycles. The van der Waals surface area contributed by atoms with Crippen LogP contribution in [0.4, 0.5) is 14.5 Å². The zero-order valence-corrected chi connectivity index (χ0v) is 9.72. The number of anilines is 1. The van der Waals surface area contributed by atoms with Crippen LogP contribution >= 0.6 is 0 Å². The van der Waals surface area contributed by atoms with Crippen molar-refractivity contribution >= 4 is 16.6 Å². The first kappa shape index (κ1) is 13.1. The molecule has 0 saturated heterocycles. The summed E-state index contributed by atoms with van der Waals surface area (Å²) < 4.78 is 24.5. The minimum Gasteiger partial charge on any atom is -0.385 e. The normalized spacial score (nSPS) is 12.4. The van der Waals surface area contributed by atoms with Crippen LogP contribution in [-0.4, -0.2) is 34.4 Å². The third kappa shape index (κ3) is 2.74. The Bertz CT molecular complexity index is 627. The van der Waals surface area contributed by atoms with Crippen molar-refractivity contribution in [2.75, 3.05) is 11.9 Å². The fourth-order valence-electron chi connectivity index (χ4n) is 1.61. The lowest BCUT2D eigenvalue weighted by Gasteiger charge is -2.13. The molecule has 1 unspecified atom stereocenters. The molecular weight excluding hydrogens is 254 g/mol. The van der Waals surface area contributed by atoms with Crippen LogP contribution in [0.2, 0.25) is 0 Å². The Labute approximate surface area is 107 Å². The number of hydrogen-bond donors (Lipinski definition) is 2. The number of hydrogen-bond acceptors (Lipinski definition) is 5. The average Bonchev–Trinajstić information content (AvgIpc) is 2.43. The van der Waals surface area contributed by atoms with Gasteiger partial charge < -0.3 is 10.4 Å². The summed E-state index contributed by atoms with van der Waals surface area (Å²) in [6, 6.07) is 8.71. The number of aliphatic hydroxyl groups is 1. The van der Waals surface area contributed by atoms with Gasteiger partial charge in [-0.2, -0.15) is 5.26 Å². The van der Waals surface area contributed by atoms with E-state index in [4.69, 9.17) is 10.4 Å². The smallest absolute Gasteiger partial charge is 0.265 e. The molecule has 1 heterocycles. The number of halogens is 2. The highest BCUT2D eigenvalue weighted by atomic mass is 19.3. The molecule has 0 spiro atoms. The summed E-state index contributed by atoms with van der Waals surface area (Å²) in [5, 5.41) is 28.8. The summed E-state index contributed by atoms with van der Waals surface area (Å²) in [6.07, 6.45) is -4.66. The SMILES string of the molecule is N#Cc1nnc2ccccc2c1NCC(O)C(F)F. The Morgan fingerprint density at radius 3 is 2.74 bits per heavy atom. The van der Waals surface area contributed by atoms with Gasteiger partial charge >= 0.3 is 0 Å². The molecule has 0 fully saturated rings. The molecule has 2 N–H and O–H groups in total. The van der Waals surface area contributed by atoms with Gasteiger partial charge in [0.2, 0.25) is 0 Å². The van der Waals surface area contributed by atoms with Crippen molar-refractivity contribution in [3.05, 3.63) is 30.0 Å². The molecule has 0 saturated carbocycles. The van der Waals surface area contributed by atoms with Gasteiger partial charge in [-0.05, 0) is 6.07 Å². The van der Waals surface area contributed by atoms with Crippen LogP contribution in [0, 0.1) is 11.3 Å². The van der Waals surface area contributed by atoms with Crippen molar-refractivity contribution in [3.63, 3.8) is 0 Å². The quantitative estimate of drug-likeness (QED) is 0.875. The van der Waals surface area contributed by atoms with E-state index < -0.39 is 12.5 Å². The number of alkyl halides is 2. The number of nitrogens with zero attached hydrogens (tertiary/aromatic N) is 3. The summed E-state index contributed by atoms with van der Waals surface area (Å²) in [5.74, 6) is 0. The number of aromatic nitrogens is 2. The molecule has 0 radical (unpaired) electrons. The summed E-state index contributed by atoms with van der Waals surface area (Å²) in [6.45, 7) is -0.373. The van der Waals surface area contributed by atoms with Gasteiger partial charge in [-0.25, -0.2) is 8.78 Å². The molecule has 19 heavy (non-hydrogen) atoms. The van der Waals surface area contributed by atoms with Gasteiger partial charge in [0.1, 0.15) is 12.2 Å². The standard InChI is InChI=1S/C12H10F2N4O/c13-12(14)10(19)6-16-11-7-3-1-2-4-8(7)17-18-9(11)5-15/h1-4,10,12,19H,6H2,(H,16,17). The molecule has 0 aliphatic carbocycles. The molecular formula is C12H10F2N4O. The van der Waals surface area contributed by atoms with Gasteiger partial charge in [0, 0.05) is 11.9 Å². The van der Waals surface area contributed by atoms with Crippen LogP contribution in [0.15, 0.2) is 24.3 Å². The second-order valence-corrected chi connectivity index (χ2v) is 3.84. The lowest BCUT2D eigenvalue weighted by molar-refractivity contribution is 0.00385. The van der Waals surface area contributed by atoms with Gasteiger partial charge in [-0.15, -0.1) is 10.2 Å². The Morgan fingerprint density at radius 2 is 2.05 bits per heavy atom. The van der Waals surface area contributed by atoms with E-state index in [-0.39, 0.29) is 12.2 Å². The average molecular weight is 264 g/mol. The van der Waals surface area contributed by atoms with Crippen molar-refractivity contribution in [2.24, 2.45) is 0 Å². The zero-order chi connectivity index (χ0) is 13.8. The largest absolute Gasteiger partial charge is 0.385 e. The lowest BCUT2D eigenvalue weighted by atomic mass is 10.1. The molecule has 2 rings (SSSR count). The summed E-state index contributed by atoms with van der Waals surface area (Å²) in [4.78, 5) is 0. The number of fused-ring (bicyclic) bond motifs is 1. The summed E-state index contributed by atoms with van der Waals surface area (Å²) in [5.41, 5.74) is 0.837. The second kappa shape index (κ2) is 5.54. The highest BCUT2D eigenvalue weighted by molar-refractivity contribution is 5.92. The highest BCUT2D eigenvalue weighted by Gasteiger charge is 2.18. The number of nitriles is 1. The van der Waals surface area contributed by atoms with Crippen LogP contribution in [-0.2, 0) is 0 Å². The maximum absolute atomic E-state index is 12.2. The van der Waals surface area contributed by atoms with Crippen LogP contribution < -0.4 is 5.32 Å². The Hall–Kier alpha value is -2.33. The van der Waals surface area contributed by atoms with E-state index in [9.17, 15) is 8.78 Å². The van der Waals surface area contributed by atoms with E-state index in [2.05, 4.69) is 15.5 Å². The van der Waals surface area contributed by atoms with E-state index in [0.717, 1.165) is 0 Å². The minimum atomic E-state index is -2.85. The Kier molecular flexibility index (Phi) is 3.82. The first-order valence-electron chi connectivity index (χ1n) is 5.49. The van der Waals surface area contributed by atoms with Crippen LogP contribution in [0.5, 0.6) is 0 Å². The van der Waals surface area contributed by atoms with Crippen molar-refractivity contribution < 1.29 is 13.9 Å². The van der Waals surface area contributed by atoms with E-state index in [0.29, 0.717) is 16.6 Å². The zero-order valence-electron chi connectivity index (χ0n) is 9.72. The molecule has 0 aliphatic rings. The molecule has 5 nitrogen and oxygen atoms in total. The van der Waals surface area contributed by atoms with Gasteiger partial charge in [0.25, 0.3) is 6.43 Å². The monoisotopic (exact) mass is 264 g/mol. The lowest BCUT2D eigenvalue weighted by Crippen LogP contribution is -2.27. The predicted molar refractivity (Wildman–Crippen MR) is 64.8 cm³/mol. The number of nitrogens with one attached hydrogen (secondary N) is 1. The van der Waals surface area contributed by atoms with E-state index >= 15 is 0 Å². The van der Waals surface area contributed by atoms with Crippen molar-refractivity contribution in [1.29, 1.82) is 5.26 Å². The maximum atomic E-state index is 12.2. The fraction of sp³-hybridized carbons (Fsp3) is 0.250. The van der Waals surface area contributed by atoms with Crippen LogP contribution in [0.3, 0.4) is 0 Å². The van der Waals surface area contributed by atoms with E-state index in [1.165, 1.54) is 0 Å². The van der Waals surface area contributed by atoms with Crippen LogP contribution in [0.25, 0.3) is 10.9 Å². The van der Waals surface area contributed by atoms with E-state index in [1.807, 2.05) is 6.07 Å². The third-order valence-corrected chi connectivity index (χ3v) is 2.55. The first-order chi connectivity index (χ1) is 9.13. The Balaban J connectivity index is 2.37. The number of aliphatic hydroxyl groups excluding tert-OH is 1. The summed E-state index contributed by atoms with van der Waals surface area (Å²) in [7, 11) is 0. The molecule has 2 aromatic rings. The molecule has 0 bridgehead atoms. The van der Waals surface area contributed by atoms with Crippen molar-refractivity contribution in [2.45, 2.75) is 12.5 Å². The summed E-state index contributed by atoms with van der Waals surface area (Å²) >= 11 is 0. The number of rotatable bonds is 4. The molecule has 1 aromatic heterocycles. The molecule has 1 atom stereocenters. The number of benzene rings is 1. The van der Waals surface area contributed by atoms with Gasteiger partial charge in [0.05, 0.1) is 11.2 Å². The first-order valence-corrected chi connectivity index (χ1v) is 5.49. The topological polar surface area (TPSA) is 81.8 Å². The minimum absolute atomic E-state index is 0.000154. The fourth-order valence-corrected chi connectivity index (χ4v) is 1.61. The second-order valence-electron chi connectivity index (χ2n) is 3.84. The molecule has 7 heteroatoms. The maximum Gasteiger partial charge on any atom is 0.265 e. The van der Waals surface area contributed by atoms with Crippen molar-refractivity contribution in [1.82, 2.24) is 10.2 Å². The van der Waals surface area contributed by atoms with Gasteiger partial charge in [0.15, 0.2) is 5.69 Å². The van der Waals surface area contributed by atoms with Gasteiger partial charge in [-0.3, -0.25) is 0 Å². The predicted octanol–water partition coefficient (Wildman–Crippen LogP) is 1.54. The van der Waals surface area contributed by atoms with Crippen molar-refractivity contribution in [3.8, 4) is 6.07 Å². The van der Waals surface area contributed by atoms with Gasteiger partial charge in [-0.1, -0.05) is 18.2 Å². The molecule has 1 aromatic carbocycles. The third-order valence-electron chi connectivity index (χ3n) is 2.55. The highest BCUT2D eigenvalue weighted by Crippen LogP contribution is 2.23.